The summed E-state index contributed by atoms with van der Waals surface area (Å²) in [5, 5.41) is 5.00. The lowest BCUT2D eigenvalue weighted by Crippen LogP contribution is -2.22. The molecule has 1 atom stereocenters. The normalized spacial score (nSPS) is 15.1. The first-order valence-electron chi connectivity index (χ1n) is 9.90. The Bertz CT molecular complexity index is 1030. The maximum Gasteiger partial charge on any atom is 0.416 e. The van der Waals surface area contributed by atoms with Gasteiger partial charge >= 0.3 is 24.1 Å². The number of alkyl halides is 3. The average molecular weight is 470 g/mol. The van der Waals surface area contributed by atoms with Gasteiger partial charge in [-0.3, -0.25) is 10.1 Å². The van der Waals surface area contributed by atoms with Crippen LogP contribution in [-0.4, -0.2) is 31.2 Å². The number of carbonyl (C=O) groups excluding carboxylic acids is 3. The van der Waals surface area contributed by atoms with Gasteiger partial charge in [0, 0.05) is 10.6 Å². The Morgan fingerprint density at radius 2 is 1.84 bits per heavy atom. The highest BCUT2D eigenvalue weighted by molar-refractivity contribution is 7.17. The summed E-state index contributed by atoms with van der Waals surface area (Å²) in [7, 11) is 0. The van der Waals surface area contributed by atoms with Gasteiger partial charge in [-0.05, 0) is 50.5 Å². The minimum atomic E-state index is -4.55. The number of esters is 2. The van der Waals surface area contributed by atoms with Gasteiger partial charge in [-0.15, -0.1) is 11.3 Å². The van der Waals surface area contributed by atoms with E-state index in [-0.39, 0.29) is 29.5 Å². The van der Waals surface area contributed by atoms with Crippen molar-refractivity contribution in [3.8, 4) is 0 Å². The third kappa shape index (κ3) is 5.04. The van der Waals surface area contributed by atoms with E-state index >= 15 is 0 Å². The molecular weight excluding hydrogens is 449 g/mol. The number of hydrogen-bond acceptors (Lipinski definition) is 6. The fourth-order valence-electron chi connectivity index (χ4n) is 3.48. The Kier molecular flexibility index (Phi) is 7.07. The molecule has 32 heavy (non-hydrogen) atoms. The molecular formula is C21H21F3N2O5S. The van der Waals surface area contributed by atoms with Gasteiger partial charge in [0.05, 0.1) is 30.3 Å². The monoisotopic (exact) mass is 470 g/mol. The number of nitrogens with one attached hydrogen (secondary N) is 2. The lowest BCUT2D eigenvalue weighted by molar-refractivity contribution is -0.145. The highest BCUT2D eigenvalue weighted by Crippen LogP contribution is 2.46. The van der Waals surface area contributed by atoms with Crippen molar-refractivity contribution < 1.29 is 37.0 Å². The molecule has 0 saturated carbocycles. The zero-order valence-electron chi connectivity index (χ0n) is 17.3. The van der Waals surface area contributed by atoms with Gasteiger partial charge in [0.25, 0.3) is 0 Å². The van der Waals surface area contributed by atoms with Gasteiger partial charge in [-0.1, -0.05) is 6.07 Å². The van der Waals surface area contributed by atoms with Crippen molar-refractivity contribution in [3.05, 3.63) is 45.8 Å². The van der Waals surface area contributed by atoms with E-state index in [1.807, 2.05) is 0 Å². The molecule has 172 valence electrons. The topological polar surface area (TPSA) is 93.7 Å². The predicted octanol–water partition coefficient (Wildman–Crippen LogP) is 5.18. The van der Waals surface area contributed by atoms with E-state index in [0.717, 1.165) is 28.3 Å². The minimum Gasteiger partial charge on any atom is -0.466 e. The van der Waals surface area contributed by atoms with Gasteiger partial charge in [-0.2, -0.15) is 13.2 Å². The highest BCUT2D eigenvalue weighted by Gasteiger charge is 2.38. The smallest absolute Gasteiger partial charge is 0.416 e. The van der Waals surface area contributed by atoms with Crippen molar-refractivity contribution >= 4 is 40.0 Å². The summed E-state index contributed by atoms with van der Waals surface area (Å²) in [4.78, 5) is 38.2. The first kappa shape index (κ1) is 23.6. The maximum atomic E-state index is 12.9. The summed E-state index contributed by atoms with van der Waals surface area (Å²) in [6.07, 6.45) is -3.56. The second-order valence-corrected chi connectivity index (χ2v) is 7.97. The van der Waals surface area contributed by atoms with Gasteiger partial charge in [0.15, 0.2) is 0 Å². The first-order valence-corrected chi connectivity index (χ1v) is 10.7. The van der Waals surface area contributed by atoms with E-state index in [9.17, 15) is 27.6 Å². The minimum absolute atomic E-state index is 0.0662. The highest BCUT2D eigenvalue weighted by atomic mass is 32.1. The molecule has 7 nitrogen and oxygen atoms in total. The first-order chi connectivity index (χ1) is 15.2. The lowest BCUT2D eigenvalue weighted by atomic mass is 9.99. The molecule has 1 heterocycles. The number of carbonyl (C=O) groups is 3. The fourth-order valence-corrected chi connectivity index (χ4v) is 4.74. The number of thiophene rings is 1. The largest absolute Gasteiger partial charge is 0.466 e. The van der Waals surface area contributed by atoms with Crippen LogP contribution in [0.4, 0.5) is 28.7 Å². The van der Waals surface area contributed by atoms with E-state index in [1.54, 1.807) is 13.8 Å². The van der Waals surface area contributed by atoms with E-state index in [4.69, 9.17) is 9.47 Å². The van der Waals surface area contributed by atoms with Crippen LogP contribution in [0, 0.1) is 0 Å². The number of rotatable bonds is 6. The van der Waals surface area contributed by atoms with Crippen LogP contribution < -0.4 is 10.6 Å². The van der Waals surface area contributed by atoms with Crippen LogP contribution in [0.2, 0.25) is 0 Å². The Morgan fingerprint density at radius 3 is 2.50 bits per heavy atom. The Labute approximate surface area is 185 Å². The van der Waals surface area contributed by atoms with E-state index in [2.05, 4.69) is 10.6 Å². The van der Waals surface area contributed by atoms with Crippen molar-refractivity contribution in [3.63, 3.8) is 0 Å². The molecule has 0 bridgehead atoms. The standard InChI is InChI=1S/C21H21F3N2O5S/c1-3-30-18(27)13-8-9-14-15(13)16(19(28)31-4-2)17(32-14)26-20(29)25-12-7-5-6-11(10-12)21(22,23)24/h5-7,10,13H,3-4,8-9H2,1-2H3,(H2,25,26,29). The van der Waals surface area contributed by atoms with Gasteiger partial charge in [0.2, 0.25) is 0 Å². The van der Waals surface area contributed by atoms with E-state index in [1.165, 1.54) is 12.1 Å². The molecule has 0 radical (unpaired) electrons. The number of anilines is 2. The lowest BCUT2D eigenvalue weighted by Gasteiger charge is -2.14. The number of aryl methyl sites for hydroxylation is 1. The summed E-state index contributed by atoms with van der Waals surface area (Å²) in [5.41, 5.74) is -0.429. The van der Waals surface area contributed by atoms with E-state index < -0.39 is 35.6 Å². The average Bonchev–Trinajstić information content (AvgIpc) is 3.26. The molecule has 2 N–H and O–H groups in total. The predicted molar refractivity (Wildman–Crippen MR) is 112 cm³/mol. The second kappa shape index (κ2) is 9.60. The summed E-state index contributed by atoms with van der Waals surface area (Å²) in [5.74, 6) is -1.81. The number of hydrogen-bond donors (Lipinski definition) is 2. The molecule has 0 spiro atoms. The number of amides is 2. The Hall–Kier alpha value is -3.08. The Balaban J connectivity index is 1.87. The van der Waals surface area contributed by atoms with Crippen LogP contribution >= 0.6 is 11.3 Å². The zero-order valence-corrected chi connectivity index (χ0v) is 18.1. The van der Waals surface area contributed by atoms with Gasteiger partial charge in [0.1, 0.15) is 5.00 Å². The summed E-state index contributed by atoms with van der Waals surface area (Å²) < 4.78 is 48.9. The molecule has 1 aromatic carbocycles. The third-order valence-electron chi connectivity index (χ3n) is 4.76. The molecule has 0 aliphatic heterocycles. The number of benzene rings is 1. The second-order valence-electron chi connectivity index (χ2n) is 6.86. The van der Waals surface area contributed by atoms with Crippen molar-refractivity contribution in [2.75, 3.05) is 23.8 Å². The SMILES string of the molecule is CCOC(=O)c1c(NC(=O)Nc2cccc(C(F)(F)F)c2)sc2c1C(C(=O)OCC)CC2. The van der Waals surface area contributed by atoms with Crippen molar-refractivity contribution in [2.45, 2.75) is 38.8 Å². The number of ether oxygens (including phenoxy) is 2. The fraction of sp³-hybridized carbons (Fsp3) is 0.381. The van der Waals surface area contributed by atoms with Crippen molar-refractivity contribution in [2.24, 2.45) is 0 Å². The molecule has 11 heteroatoms. The van der Waals surface area contributed by atoms with Crippen molar-refractivity contribution in [1.29, 1.82) is 0 Å². The molecule has 1 unspecified atom stereocenters. The molecule has 2 aromatic rings. The van der Waals surface area contributed by atoms with Crippen LogP contribution in [0.1, 0.15) is 52.5 Å². The molecule has 3 rings (SSSR count). The van der Waals surface area contributed by atoms with Gasteiger partial charge in [-0.25, -0.2) is 9.59 Å². The Morgan fingerprint density at radius 1 is 1.12 bits per heavy atom. The van der Waals surface area contributed by atoms with Crippen LogP contribution in [-0.2, 0) is 26.9 Å². The van der Waals surface area contributed by atoms with Crippen molar-refractivity contribution in [1.82, 2.24) is 0 Å². The summed E-state index contributed by atoms with van der Waals surface area (Å²) >= 11 is 1.13. The molecule has 0 saturated heterocycles. The molecule has 1 aliphatic rings. The van der Waals surface area contributed by atoms with E-state index in [0.29, 0.717) is 18.4 Å². The molecule has 1 aliphatic carbocycles. The molecule has 1 aromatic heterocycles. The zero-order chi connectivity index (χ0) is 23.5. The maximum absolute atomic E-state index is 12.9. The molecule has 2 amide bonds. The quantitative estimate of drug-likeness (QED) is 0.568. The van der Waals surface area contributed by atoms with Crippen LogP contribution in [0.25, 0.3) is 0 Å². The number of urea groups is 1. The third-order valence-corrected chi connectivity index (χ3v) is 5.94. The van der Waals surface area contributed by atoms with Crippen LogP contribution in [0.15, 0.2) is 24.3 Å². The summed E-state index contributed by atoms with van der Waals surface area (Å²) in [6.45, 7) is 3.58. The number of halogens is 3. The number of fused-ring (bicyclic) bond motifs is 1. The van der Waals surface area contributed by atoms with Crippen LogP contribution in [0.5, 0.6) is 0 Å². The molecule has 0 fully saturated rings. The summed E-state index contributed by atoms with van der Waals surface area (Å²) in [6, 6.07) is 3.35. The van der Waals surface area contributed by atoms with Crippen LogP contribution in [0.3, 0.4) is 0 Å². The van der Waals surface area contributed by atoms with Gasteiger partial charge < -0.3 is 14.8 Å².